The third kappa shape index (κ3) is 3.81. The zero-order valence-electron chi connectivity index (χ0n) is 11.5. The largest absolute Gasteiger partial charge is 0.457 e. The van der Waals surface area contributed by atoms with E-state index in [-0.39, 0.29) is 11.9 Å². The molecule has 106 valence electrons. The normalized spacial score (nSPS) is 12.2. The summed E-state index contributed by atoms with van der Waals surface area (Å²) in [5.41, 5.74) is 1.05. The van der Waals surface area contributed by atoms with Gasteiger partial charge in [-0.2, -0.15) is 0 Å². The predicted molar refractivity (Wildman–Crippen MR) is 82.7 cm³/mol. The summed E-state index contributed by atoms with van der Waals surface area (Å²) >= 11 is 3.27. The van der Waals surface area contributed by atoms with Crippen LogP contribution in [0.3, 0.4) is 0 Å². The predicted octanol–water partition coefficient (Wildman–Crippen LogP) is 5.05. The van der Waals surface area contributed by atoms with Gasteiger partial charge in [0.05, 0.1) is 0 Å². The smallest absolute Gasteiger partial charge is 0.132 e. The minimum Gasteiger partial charge on any atom is -0.457 e. The van der Waals surface area contributed by atoms with E-state index >= 15 is 0 Å². The molecule has 1 N–H and O–H groups in total. The minimum atomic E-state index is -0.327. The Kier molecular flexibility index (Phi) is 5.15. The molecule has 0 fully saturated rings. The molecule has 2 nitrogen and oxygen atoms in total. The van der Waals surface area contributed by atoms with Crippen molar-refractivity contribution in [1.82, 2.24) is 5.32 Å². The van der Waals surface area contributed by atoms with Gasteiger partial charge in [-0.1, -0.05) is 41.1 Å². The Morgan fingerprint density at radius 1 is 1.25 bits per heavy atom. The fourth-order valence-electron chi connectivity index (χ4n) is 2.06. The quantitative estimate of drug-likeness (QED) is 0.824. The van der Waals surface area contributed by atoms with E-state index in [1.165, 1.54) is 12.1 Å². The van der Waals surface area contributed by atoms with Gasteiger partial charge in [0.2, 0.25) is 0 Å². The Hall–Kier alpha value is -1.39. The number of hydrogen-bond donors (Lipinski definition) is 1. The molecule has 0 radical (unpaired) electrons. The first-order valence-electron chi connectivity index (χ1n) is 6.56. The van der Waals surface area contributed by atoms with Crippen molar-refractivity contribution in [2.45, 2.75) is 19.9 Å². The third-order valence-electron chi connectivity index (χ3n) is 2.96. The number of benzene rings is 2. The zero-order valence-corrected chi connectivity index (χ0v) is 13.1. The third-order valence-corrected chi connectivity index (χ3v) is 3.42. The molecule has 0 amide bonds. The maximum Gasteiger partial charge on any atom is 0.132 e. The van der Waals surface area contributed by atoms with E-state index < -0.39 is 0 Å². The standard InChI is InChI=1S/C16H17BrFNO/c1-3-19-11(2)15-6-4-5-7-16(15)20-14-9-12(17)8-13(18)10-14/h4-11,19H,3H2,1-2H3. The number of ether oxygens (including phenoxy) is 1. The molecule has 4 heteroatoms. The molecule has 0 aliphatic carbocycles. The summed E-state index contributed by atoms with van der Waals surface area (Å²) in [7, 11) is 0. The highest BCUT2D eigenvalue weighted by atomic mass is 79.9. The molecule has 0 aromatic heterocycles. The molecule has 2 rings (SSSR count). The molecule has 2 aromatic carbocycles. The first kappa shape index (κ1) is 15.0. The molecule has 0 heterocycles. The fraction of sp³-hybridized carbons (Fsp3) is 0.250. The van der Waals surface area contributed by atoms with Crippen LogP contribution >= 0.6 is 15.9 Å². The average Bonchev–Trinajstić information content (AvgIpc) is 2.38. The molecule has 0 aliphatic rings. The molecule has 20 heavy (non-hydrogen) atoms. The van der Waals surface area contributed by atoms with E-state index in [1.54, 1.807) is 6.07 Å². The van der Waals surface area contributed by atoms with Gasteiger partial charge in [0.15, 0.2) is 0 Å². The van der Waals surface area contributed by atoms with E-state index in [0.29, 0.717) is 10.2 Å². The van der Waals surface area contributed by atoms with Crippen molar-refractivity contribution in [3.05, 3.63) is 58.3 Å². The van der Waals surface area contributed by atoms with Gasteiger partial charge in [0.1, 0.15) is 17.3 Å². The summed E-state index contributed by atoms with van der Waals surface area (Å²) in [6.07, 6.45) is 0. The summed E-state index contributed by atoms with van der Waals surface area (Å²) in [4.78, 5) is 0. The number of para-hydroxylation sites is 1. The van der Waals surface area contributed by atoms with Gasteiger partial charge in [-0.3, -0.25) is 0 Å². The van der Waals surface area contributed by atoms with Gasteiger partial charge in [0, 0.05) is 22.1 Å². The summed E-state index contributed by atoms with van der Waals surface area (Å²) in [6.45, 7) is 5.01. The van der Waals surface area contributed by atoms with E-state index in [4.69, 9.17) is 4.74 Å². The van der Waals surface area contributed by atoms with Crippen LogP contribution in [0.15, 0.2) is 46.9 Å². The van der Waals surface area contributed by atoms with Gasteiger partial charge in [-0.15, -0.1) is 0 Å². The average molecular weight is 338 g/mol. The number of rotatable bonds is 5. The second-order valence-electron chi connectivity index (χ2n) is 4.52. The van der Waals surface area contributed by atoms with Crippen LogP contribution in [0.1, 0.15) is 25.5 Å². The lowest BCUT2D eigenvalue weighted by atomic mass is 10.1. The first-order valence-corrected chi connectivity index (χ1v) is 7.35. The Morgan fingerprint density at radius 2 is 2.00 bits per heavy atom. The summed E-state index contributed by atoms with van der Waals surface area (Å²) in [6, 6.07) is 12.5. The van der Waals surface area contributed by atoms with Crippen LogP contribution in [0, 0.1) is 5.82 Å². The first-order chi connectivity index (χ1) is 9.60. The second-order valence-corrected chi connectivity index (χ2v) is 5.44. The highest BCUT2D eigenvalue weighted by Crippen LogP contribution is 2.31. The lowest BCUT2D eigenvalue weighted by molar-refractivity contribution is 0.458. The van der Waals surface area contributed by atoms with Crippen LogP contribution in [0.25, 0.3) is 0 Å². The van der Waals surface area contributed by atoms with Crippen molar-refractivity contribution in [2.24, 2.45) is 0 Å². The highest BCUT2D eigenvalue weighted by Gasteiger charge is 2.11. The lowest BCUT2D eigenvalue weighted by Crippen LogP contribution is -2.18. The van der Waals surface area contributed by atoms with Gasteiger partial charge < -0.3 is 10.1 Å². The van der Waals surface area contributed by atoms with Crippen molar-refractivity contribution in [3.63, 3.8) is 0 Å². The Balaban J connectivity index is 2.29. The fourth-order valence-corrected chi connectivity index (χ4v) is 2.51. The minimum absolute atomic E-state index is 0.174. The Morgan fingerprint density at radius 3 is 2.70 bits per heavy atom. The van der Waals surface area contributed by atoms with Crippen LogP contribution < -0.4 is 10.1 Å². The molecular formula is C16H17BrFNO. The van der Waals surface area contributed by atoms with E-state index in [0.717, 1.165) is 17.9 Å². The molecule has 0 saturated carbocycles. The van der Waals surface area contributed by atoms with Crippen molar-refractivity contribution < 1.29 is 9.13 Å². The Labute approximate surface area is 127 Å². The van der Waals surface area contributed by atoms with Crippen molar-refractivity contribution in [3.8, 4) is 11.5 Å². The van der Waals surface area contributed by atoms with Crippen LogP contribution in [0.2, 0.25) is 0 Å². The molecule has 2 aromatic rings. The van der Waals surface area contributed by atoms with Crippen LogP contribution in [-0.4, -0.2) is 6.54 Å². The summed E-state index contributed by atoms with van der Waals surface area (Å²) < 4.78 is 19.9. The SMILES string of the molecule is CCNC(C)c1ccccc1Oc1cc(F)cc(Br)c1. The van der Waals surface area contributed by atoms with Gasteiger partial charge in [-0.25, -0.2) is 4.39 Å². The molecule has 1 unspecified atom stereocenters. The van der Waals surface area contributed by atoms with E-state index in [9.17, 15) is 4.39 Å². The van der Waals surface area contributed by atoms with Gasteiger partial charge in [0.25, 0.3) is 0 Å². The molecular weight excluding hydrogens is 321 g/mol. The molecule has 0 spiro atoms. The van der Waals surface area contributed by atoms with E-state index in [2.05, 4.69) is 35.1 Å². The summed E-state index contributed by atoms with van der Waals surface area (Å²) in [5.74, 6) is 0.887. The lowest BCUT2D eigenvalue weighted by Gasteiger charge is -2.17. The number of hydrogen-bond acceptors (Lipinski definition) is 2. The summed E-state index contributed by atoms with van der Waals surface area (Å²) in [5, 5.41) is 3.35. The van der Waals surface area contributed by atoms with Crippen molar-refractivity contribution in [1.29, 1.82) is 0 Å². The van der Waals surface area contributed by atoms with Gasteiger partial charge >= 0.3 is 0 Å². The van der Waals surface area contributed by atoms with Crippen LogP contribution in [0.5, 0.6) is 11.5 Å². The topological polar surface area (TPSA) is 21.3 Å². The highest BCUT2D eigenvalue weighted by molar-refractivity contribution is 9.10. The number of halogens is 2. The maximum absolute atomic E-state index is 13.4. The monoisotopic (exact) mass is 337 g/mol. The van der Waals surface area contributed by atoms with Crippen molar-refractivity contribution in [2.75, 3.05) is 6.54 Å². The molecule has 0 saturated heterocycles. The zero-order chi connectivity index (χ0) is 14.5. The van der Waals surface area contributed by atoms with Gasteiger partial charge in [-0.05, 0) is 31.7 Å². The Bertz CT molecular complexity index is 568. The molecule has 1 atom stereocenters. The van der Waals surface area contributed by atoms with Crippen LogP contribution in [0.4, 0.5) is 4.39 Å². The van der Waals surface area contributed by atoms with Crippen molar-refractivity contribution >= 4 is 15.9 Å². The van der Waals surface area contributed by atoms with E-state index in [1.807, 2.05) is 24.3 Å². The number of nitrogens with one attached hydrogen (secondary N) is 1. The maximum atomic E-state index is 13.4. The second kappa shape index (κ2) is 6.86. The molecule has 0 bridgehead atoms. The molecule has 0 aliphatic heterocycles. The van der Waals surface area contributed by atoms with Crippen LogP contribution in [-0.2, 0) is 0 Å².